The molecule has 0 aliphatic heterocycles. The van der Waals surface area contributed by atoms with Crippen LogP contribution in [0.25, 0.3) is 11.0 Å². The molecule has 0 amide bonds. The number of benzene rings is 1. The van der Waals surface area contributed by atoms with Gasteiger partial charge in [0.25, 0.3) is 0 Å². The highest BCUT2D eigenvalue weighted by Crippen LogP contribution is 2.18. The molecule has 0 aliphatic carbocycles. The minimum Gasteiger partial charge on any atom is -0.393 e. The first-order valence-electron chi connectivity index (χ1n) is 5.86. The number of methoxy groups -OCH3 is 1. The highest BCUT2D eigenvalue weighted by atomic mass is 32.1. The molecule has 0 radical (unpaired) electrons. The summed E-state index contributed by atoms with van der Waals surface area (Å²) in [5, 5.41) is 0. The van der Waals surface area contributed by atoms with E-state index in [2.05, 4.69) is 9.55 Å². The van der Waals surface area contributed by atoms with Crippen molar-refractivity contribution in [2.24, 2.45) is 11.7 Å². The predicted molar refractivity (Wildman–Crippen MR) is 76.4 cm³/mol. The van der Waals surface area contributed by atoms with E-state index in [1.165, 1.54) is 0 Å². The van der Waals surface area contributed by atoms with Crippen molar-refractivity contribution in [3.8, 4) is 0 Å². The van der Waals surface area contributed by atoms with Crippen LogP contribution in [0, 0.1) is 5.92 Å². The highest BCUT2D eigenvalue weighted by molar-refractivity contribution is 7.80. The average Bonchev–Trinajstić information content (AvgIpc) is 2.68. The number of ether oxygens (including phenoxy) is 1. The first-order chi connectivity index (χ1) is 8.63. The maximum Gasteiger partial charge on any atom is 0.135 e. The van der Waals surface area contributed by atoms with Gasteiger partial charge in [-0.2, -0.15) is 0 Å². The van der Waals surface area contributed by atoms with Gasteiger partial charge < -0.3 is 15.0 Å². The summed E-state index contributed by atoms with van der Waals surface area (Å²) in [7, 11) is 1.67. The van der Waals surface area contributed by atoms with Gasteiger partial charge >= 0.3 is 0 Å². The van der Waals surface area contributed by atoms with E-state index < -0.39 is 0 Å². The van der Waals surface area contributed by atoms with E-state index in [9.17, 15) is 0 Å². The third-order valence-electron chi connectivity index (χ3n) is 2.95. The number of nitrogens with zero attached hydrogens (tertiary/aromatic N) is 2. The Labute approximate surface area is 112 Å². The van der Waals surface area contributed by atoms with Crippen LogP contribution in [0.4, 0.5) is 0 Å². The van der Waals surface area contributed by atoms with Crippen LogP contribution < -0.4 is 5.73 Å². The summed E-state index contributed by atoms with van der Waals surface area (Å²) in [6, 6.07) is 8.03. The zero-order valence-corrected chi connectivity index (χ0v) is 11.4. The van der Waals surface area contributed by atoms with Gasteiger partial charge in [0.1, 0.15) is 12.4 Å². The number of hydrogen-bond donors (Lipinski definition) is 1. The van der Waals surface area contributed by atoms with E-state index >= 15 is 0 Å². The van der Waals surface area contributed by atoms with E-state index in [1.807, 2.05) is 31.2 Å². The van der Waals surface area contributed by atoms with Crippen molar-refractivity contribution < 1.29 is 4.74 Å². The largest absolute Gasteiger partial charge is 0.393 e. The average molecular weight is 263 g/mol. The number of thiocarbonyl (C=S) groups is 1. The van der Waals surface area contributed by atoms with Gasteiger partial charge in [-0.25, -0.2) is 4.98 Å². The van der Waals surface area contributed by atoms with Crippen molar-refractivity contribution in [3.05, 3.63) is 30.1 Å². The molecule has 1 unspecified atom stereocenters. The molecule has 2 N–H and O–H groups in total. The molecule has 1 atom stereocenters. The second-order valence-electron chi connectivity index (χ2n) is 4.36. The molecule has 96 valence electrons. The third-order valence-corrected chi connectivity index (χ3v) is 3.35. The second kappa shape index (κ2) is 5.46. The standard InChI is InChI=1S/C13H17N3OS/c1-9(13(14)18)7-16-11-6-4-3-5-10(11)15-12(16)8-17-2/h3-6,9H,7-8H2,1-2H3,(H2,14,18). The number of para-hydroxylation sites is 2. The van der Waals surface area contributed by atoms with Gasteiger partial charge in [-0.3, -0.25) is 0 Å². The molecule has 5 heteroatoms. The van der Waals surface area contributed by atoms with E-state index in [0.717, 1.165) is 23.4 Å². The summed E-state index contributed by atoms with van der Waals surface area (Å²) in [6.07, 6.45) is 0. The maximum absolute atomic E-state index is 5.69. The third kappa shape index (κ3) is 2.52. The van der Waals surface area contributed by atoms with Gasteiger partial charge in [0, 0.05) is 19.6 Å². The van der Waals surface area contributed by atoms with Crippen molar-refractivity contribution in [1.29, 1.82) is 0 Å². The molecule has 2 aromatic rings. The van der Waals surface area contributed by atoms with Crippen molar-refractivity contribution in [2.75, 3.05) is 7.11 Å². The Hall–Kier alpha value is -1.46. The Morgan fingerprint density at radius 2 is 2.22 bits per heavy atom. The Morgan fingerprint density at radius 1 is 1.50 bits per heavy atom. The van der Waals surface area contributed by atoms with Gasteiger partial charge in [-0.1, -0.05) is 31.3 Å². The summed E-state index contributed by atoms with van der Waals surface area (Å²) >= 11 is 5.03. The summed E-state index contributed by atoms with van der Waals surface area (Å²) < 4.78 is 7.32. The first kappa shape index (κ1) is 13.0. The molecule has 2 rings (SSSR count). The maximum atomic E-state index is 5.69. The fraction of sp³-hybridized carbons (Fsp3) is 0.385. The summed E-state index contributed by atoms with van der Waals surface area (Å²) in [5.74, 6) is 1.04. The summed E-state index contributed by atoms with van der Waals surface area (Å²) in [4.78, 5) is 5.09. The van der Waals surface area contributed by atoms with Gasteiger partial charge in [0.15, 0.2) is 0 Å². The number of fused-ring (bicyclic) bond motifs is 1. The number of hydrogen-bond acceptors (Lipinski definition) is 3. The van der Waals surface area contributed by atoms with Crippen LogP contribution in [0.1, 0.15) is 12.7 Å². The van der Waals surface area contributed by atoms with E-state index in [-0.39, 0.29) is 5.92 Å². The number of imidazole rings is 1. The lowest BCUT2D eigenvalue weighted by atomic mass is 10.2. The van der Waals surface area contributed by atoms with Gasteiger partial charge in [-0.15, -0.1) is 0 Å². The Bertz CT molecular complexity index is 564. The highest BCUT2D eigenvalue weighted by Gasteiger charge is 2.14. The topological polar surface area (TPSA) is 53.1 Å². The summed E-state index contributed by atoms with van der Waals surface area (Å²) in [6.45, 7) is 3.24. The van der Waals surface area contributed by atoms with Crippen LogP contribution in [-0.4, -0.2) is 21.6 Å². The SMILES string of the molecule is COCc1nc2ccccc2n1CC(C)C(N)=S. The molecule has 1 aromatic heterocycles. The minimum atomic E-state index is 0.133. The van der Waals surface area contributed by atoms with Crippen molar-refractivity contribution in [2.45, 2.75) is 20.1 Å². The Kier molecular flexibility index (Phi) is 3.93. The quantitative estimate of drug-likeness (QED) is 0.839. The fourth-order valence-electron chi connectivity index (χ4n) is 1.93. The van der Waals surface area contributed by atoms with E-state index in [0.29, 0.717) is 11.6 Å². The zero-order valence-electron chi connectivity index (χ0n) is 10.6. The van der Waals surface area contributed by atoms with Crippen molar-refractivity contribution in [1.82, 2.24) is 9.55 Å². The molecular weight excluding hydrogens is 246 g/mol. The van der Waals surface area contributed by atoms with Crippen LogP contribution in [-0.2, 0) is 17.9 Å². The normalized spacial score (nSPS) is 12.8. The molecule has 0 saturated carbocycles. The number of nitrogens with two attached hydrogens (primary N) is 1. The number of aromatic nitrogens is 2. The summed E-state index contributed by atoms with van der Waals surface area (Å²) in [5.41, 5.74) is 7.75. The molecule has 1 aromatic carbocycles. The molecule has 1 heterocycles. The molecule has 0 fully saturated rings. The molecular formula is C13H17N3OS. The molecule has 0 bridgehead atoms. The smallest absolute Gasteiger partial charge is 0.135 e. The van der Waals surface area contributed by atoms with Crippen molar-refractivity contribution >= 4 is 28.2 Å². The van der Waals surface area contributed by atoms with Gasteiger partial charge in [0.2, 0.25) is 0 Å². The van der Waals surface area contributed by atoms with Crippen LogP contribution in [0.15, 0.2) is 24.3 Å². The predicted octanol–water partition coefficient (Wildman–Crippen LogP) is 2.10. The Balaban J connectivity index is 2.44. The van der Waals surface area contributed by atoms with E-state index in [4.69, 9.17) is 22.7 Å². The van der Waals surface area contributed by atoms with Crippen LogP contribution in [0.2, 0.25) is 0 Å². The molecule has 4 nitrogen and oxygen atoms in total. The Morgan fingerprint density at radius 3 is 2.89 bits per heavy atom. The molecule has 0 spiro atoms. The van der Waals surface area contributed by atoms with Crippen molar-refractivity contribution in [3.63, 3.8) is 0 Å². The minimum absolute atomic E-state index is 0.133. The monoisotopic (exact) mass is 263 g/mol. The van der Waals surface area contributed by atoms with Crippen LogP contribution >= 0.6 is 12.2 Å². The molecule has 18 heavy (non-hydrogen) atoms. The lowest BCUT2D eigenvalue weighted by Crippen LogP contribution is -2.23. The lowest BCUT2D eigenvalue weighted by molar-refractivity contribution is 0.174. The number of rotatable bonds is 5. The first-order valence-corrected chi connectivity index (χ1v) is 6.26. The van der Waals surface area contributed by atoms with Gasteiger partial charge in [-0.05, 0) is 12.1 Å². The lowest BCUT2D eigenvalue weighted by Gasteiger charge is -2.13. The zero-order chi connectivity index (χ0) is 13.1. The van der Waals surface area contributed by atoms with Crippen LogP contribution in [0.5, 0.6) is 0 Å². The van der Waals surface area contributed by atoms with Gasteiger partial charge in [0.05, 0.1) is 16.0 Å². The second-order valence-corrected chi connectivity index (χ2v) is 4.84. The molecule has 0 saturated heterocycles. The van der Waals surface area contributed by atoms with Crippen LogP contribution in [0.3, 0.4) is 0 Å². The molecule has 0 aliphatic rings. The van der Waals surface area contributed by atoms with E-state index in [1.54, 1.807) is 7.11 Å². The fourth-order valence-corrected chi connectivity index (χ4v) is 2.01.